The molecule has 1 amide bonds. The highest BCUT2D eigenvalue weighted by Crippen LogP contribution is 2.30. The number of carbonyl (C=O) groups excluding carboxylic acids is 1. The van der Waals surface area contributed by atoms with E-state index < -0.39 is 0 Å². The predicted octanol–water partition coefficient (Wildman–Crippen LogP) is 1.14. The molecule has 4 N–H and O–H groups in total. The van der Waals surface area contributed by atoms with Gasteiger partial charge < -0.3 is 21.1 Å². The van der Waals surface area contributed by atoms with Crippen LogP contribution in [-0.2, 0) is 4.79 Å². The van der Waals surface area contributed by atoms with Crippen molar-refractivity contribution >= 4 is 17.4 Å². The van der Waals surface area contributed by atoms with Crippen LogP contribution in [-0.4, -0.2) is 30.1 Å². The Morgan fingerprint density at radius 3 is 2.85 bits per heavy atom. The minimum Gasteiger partial charge on any atom is -0.476 e. The Balaban J connectivity index is 1.51. The number of nitrogen functional groups attached to an aromatic ring is 1. The highest BCUT2D eigenvalue weighted by atomic mass is 16.5. The van der Waals surface area contributed by atoms with Crippen molar-refractivity contribution in [3.05, 3.63) is 12.1 Å². The second-order valence-electron chi connectivity index (χ2n) is 5.54. The second-order valence-corrected chi connectivity index (χ2v) is 5.54. The van der Waals surface area contributed by atoms with E-state index in [9.17, 15) is 4.79 Å². The number of nitrogens with two attached hydrogens (primary N) is 1. The van der Waals surface area contributed by atoms with Gasteiger partial charge in [-0.2, -0.15) is 4.98 Å². The lowest BCUT2D eigenvalue weighted by Gasteiger charge is -2.10. The van der Waals surface area contributed by atoms with Crippen molar-refractivity contribution < 1.29 is 9.53 Å². The highest BCUT2D eigenvalue weighted by molar-refractivity contribution is 5.81. The average molecular weight is 276 g/mol. The fourth-order valence-corrected chi connectivity index (χ4v) is 1.82. The van der Waals surface area contributed by atoms with E-state index in [1.807, 2.05) is 0 Å². The lowest BCUT2D eigenvalue weighted by atomic mass is 10.4. The molecule has 0 saturated heterocycles. The lowest BCUT2D eigenvalue weighted by molar-refractivity contribution is -0.119. The molecule has 2 aliphatic carbocycles. The van der Waals surface area contributed by atoms with Crippen molar-refractivity contribution in [2.75, 3.05) is 24.2 Å². The first-order chi connectivity index (χ1) is 9.70. The Kier molecular flexibility index (Phi) is 3.62. The monoisotopic (exact) mass is 276 g/mol. The first kappa shape index (κ1) is 13.0. The van der Waals surface area contributed by atoms with Crippen molar-refractivity contribution in [2.45, 2.75) is 31.7 Å². The summed E-state index contributed by atoms with van der Waals surface area (Å²) in [4.78, 5) is 15.9. The fourth-order valence-electron chi connectivity index (χ4n) is 1.82. The summed E-state index contributed by atoms with van der Waals surface area (Å²) in [6.07, 6.45) is 4.62. The number of nitrogens with one attached hydrogen (secondary N) is 2. The van der Waals surface area contributed by atoms with Gasteiger partial charge in [-0.15, -0.1) is 0 Å². The fraction of sp³-hybridized carbons (Fsp3) is 0.571. The van der Waals surface area contributed by atoms with Gasteiger partial charge in [-0.1, -0.05) is 0 Å². The van der Waals surface area contributed by atoms with Crippen molar-refractivity contribution in [1.29, 1.82) is 0 Å². The maximum atomic E-state index is 11.6. The zero-order valence-electron chi connectivity index (χ0n) is 11.4. The Hall–Kier alpha value is -1.98. The van der Waals surface area contributed by atoms with Crippen LogP contribution in [0.3, 0.4) is 0 Å². The van der Waals surface area contributed by atoms with Gasteiger partial charge in [0.1, 0.15) is 5.82 Å². The van der Waals surface area contributed by atoms with Crippen LogP contribution >= 0.6 is 0 Å². The van der Waals surface area contributed by atoms with E-state index in [4.69, 9.17) is 10.5 Å². The van der Waals surface area contributed by atoms with E-state index in [1.165, 1.54) is 12.8 Å². The molecule has 0 atom stereocenters. The molecule has 3 rings (SSSR count). The number of aromatic nitrogens is 1. The average Bonchev–Trinajstić information content (AvgIpc) is 3.31. The van der Waals surface area contributed by atoms with E-state index in [0.29, 0.717) is 36.0 Å². The van der Waals surface area contributed by atoms with E-state index in [2.05, 4.69) is 15.6 Å². The molecule has 2 fully saturated rings. The molecule has 1 aromatic heterocycles. The number of ether oxygens (including phenoxy) is 1. The SMILES string of the molecule is Nc1ccc(NCC(=O)NC2CC2)nc1OCC1CC1. The van der Waals surface area contributed by atoms with Crippen molar-refractivity contribution in [3.63, 3.8) is 0 Å². The van der Waals surface area contributed by atoms with E-state index in [0.717, 1.165) is 12.8 Å². The van der Waals surface area contributed by atoms with Crippen LogP contribution in [0.2, 0.25) is 0 Å². The molecule has 1 heterocycles. The molecule has 20 heavy (non-hydrogen) atoms. The quantitative estimate of drug-likeness (QED) is 0.695. The number of amides is 1. The molecule has 1 aromatic rings. The number of hydrogen-bond acceptors (Lipinski definition) is 5. The summed E-state index contributed by atoms with van der Waals surface area (Å²) in [6.45, 7) is 0.887. The van der Waals surface area contributed by atoms with E-state index in [1.54, 1.807) is 12.1 Å². The van der Waals surface area contributed by atoms with Crippen molar-refractivity contribution in [1.82, 2.24) is 10.3 Å². The minimum absolute atomic E-state index is 0.00780. The lowest BCUT2D eigenvalue weighted by Crippen LogP contribution is -2.31. The Bertz CT molecular complexity index is 498. The summed E-state index contributed by atoms with van der Waals surface area (Å²) < 4.78 is 5.61. The third kappa shape index (κ3) is 3.76. The predicted molar refractivity (Wildman–Crippen MR) is 76.5 cm³/mol. The van der Waals surface area contributed by atoms with Crippen LogP contribution in [0.25, 0.3) is 0 Å². The molecular formula is C14H20N4O2. The first-order valence-corrected chi connectivity index (χ1v) is 7.13. The number of rotatable bonds is 7. The van der Waals surface area contributed by atoms with Crippen LogP contribution in [0, 0.1) is 5.92 Å². The van der Waals surface area contributed by atoms with Gasteiger partial charge >= 0.3 is 0 Å². The summed E-state index contributed by atoms with van der Waals surface area (Å²) in [5, 5.41) is 5.90. The van der Waals surface area contributed by atoms with Crippen LogP contribution in [0.5, 0.6) is 5.88 Å². The standard InChI is InChI=1S/C14H20N4O2/c15-11-5-6-12(16-7-13(19)17-10-3-4-10)18-14(11)20-8-9-1-2-9/h5-6,9-10H,1-4,7-8,15H2,(H,16,18)(H,17,19). The molecule has 0 spiro atoms. The molecule has 0 bridgehead atoms. The van der Waals surface area contributed by atoms with Crippen LogP contribution in [0.1, 0.15) is 25.7 Å². The van der Waals surface area contributed by atoms with Gasteiger partial charge in [-0.25, -0.2) is 0 Å². The first-order valence-electron chi connectivity index (χ1n) is 7.13. The van der Waals surface area contributed by atoms with Crippen LogP contribution in [0.4, 0.5) is 11.5 Å². The van der Waals surface area contributed by atoms with Crippen molar-refractivity contribution in [2.24, 2.45) is 5.92 Å². The highest BCUT2D eigenvalue weighted by Gasteiger charge is 2.23. The molecule has 0 aliphatic heterocycles. The maximum Gasteiger partial charge on any atom is 0.239 e. The topological polar surface area (TPSA) is 89.3 Å². The molecule has 2 saturated carbocycles. The normalized spacial score (nSPS) is 17.6. The maximum absolute atomic E-state index is 11.6. The number of hydrogen-bond donors (Lipinski definition) is 3. The van der Waals surface area contributed by atoms with Gasteiger partial charge in [0.2, 0.25) is 11.8 Å². The summed E-state index contributed by atoms with van der Waals surface area (Å²) in [6, 6.07) is 3.88. The second kappa shape index (κ2) is 5.56. The van der Waals surface area contributed by atoms with Crippen LogP contribution < -0.4 is 21.1 Å². The Morgan fingerprint density at radius 1 is 1.35 bits per heavy atom. The molecular weight excluding hydrogens is 256 g/mol. The zero-order chi connectivity index (χ0) is 13.9. The minimum atomic E-state index is -0.00780. The van der Waals surface area contributed by atoms with Crippen LogP contribution in [0.15, 0.2) is 12.1 Å². The van der Waals surface area contributed by atoms with Gasteiger partial charge in [-0.3, -0.25) is 4.79 Å². The molecule has 0 radical (unpaired) electrons. The Labute approximate surface area is 118 Å². The number of nitrogens with zero attached hydrogens (tertiary/aromatic N) is 1. The van der Waals surface area contributed by atoms with Crippen molar-refractivity contribution in [3.8, 4) is 5.88 Å². The van der Waals surface area contributed by atoms with Gasteiger partial charge in [0.05, 0.1) is 18.8 Å². The number of anilines is 2. The molecule has 0 unspecified atom stereocenters. The molecule has 6 nitrogen and oxygen atoms in total. The van der Waals surface area contributed by atoms with Gasteiger partial charge in [0, 0.05) is 6.04 Å². The smallest absolute Gasteiger partial charge is 0.239 e. The largest absolute Gasteiger partial charge is 0.476 e. The third-order valence-electron chi connectivity index (χ3n) is 3.41. The zero-order valence-corrected chi connectivity index (χ0v) is 11.4. The third-order valence-corrected chi connectivity index (χ3v) is 3.41. The molecule has 0 aromatic carbocycles. The summed E-state index contributed by atoms with van der Waals surface area (Å²) >= 11 is 0. The summed E-state index contributed by atoms with van der Waals surface area (Å²) in [5.41, 5.74) is 6.36. The molecule has 108 valence electrons. The number of carbonyl (C=O) groups is 1. The molecule has 2 aliphatic rings. The number of pyridine rings is 1. The van der Waals surface area contributed by atoms with Gasteiger partial charge in [-0.05, 0) is 43.7 Å². The summed E-state index contributed by atoms with van der Waals surface area (Å²) in [5.74, 6) is 1.70. The van der Waals surface area contributed by atoms with E-state index >= 15 is 0 Å². The van der Waals surface area contributed by atoms with Gasteiger partial charge in [0.15, 0.2) is 0 Å². The molecule has 6 heteroatoms. The van der Waals surface area contributed by atoms with Gasteiger partial charge in [0.25, 0.3) is 0 Å². The van der Waals surface area contributed by atoms with E-state index in [-0.39, 0.29) is 12.5 Å². The summed E-state index contributed by atoms with van der Waals surface area (Å²) in [7, 11) is 0. The Morgan fingerprint density at radius 2 is 2.15 bits per heavy atom.